The Kier molecular flexibility index (Phi) is 5.62. The Balaban J connectivity index is 1.86. The maximum Gasteiger partial charge on any atom is 0.232 e. The highest BCUT2D eigenvalue weighted by molar-refractivity contribution is 6.07. The van der Waals surface area contributed by atoms with Gasteiger partial charge in [0.15, 0.2) is 17.3 Å². The molecular weight excluding hydrogens is 378 g/mol. The first-order valence-corrected chi connectivity index (χ1v) is 10.5. The Morgan fingerprint density at radius 2 is 1.77 bits per heavy atom. The number of allylic oxidation sites excluding steroid dienone is 2. The molecule has 0 spiro atoms. The molecule has 0 saturated heterocycles. The third-order valence-corrected chi connectivity index (χ3v) is 6.09. The molecule has 0 bridgehead atoms. The van der Waals surface area contributed by atoms with E-state index in [0.717, 1.165) is 35.4 Å². The standard InChI is InChI=1S/C25H27NO4/c1-4-16-11-13-17(14-12-16)26-20-8-6-9-21(27)24(20)19(15-23(26)28)18-7-5-10-22(29-2)25(18)30-3/h5,7,10-14,19H,4,6,8-9,15H2,1-3H3/t19-/m0/s1. The molecule has 1 heterocycles. The number of para-hydroxylation sites is 1. The average Bonchev–Trinajstić information content (AvgIpc) is 2.78. The van der Waals surface area contributed by atoms with E-state index in [1.54, 1.807) is 19.1 Å². The van der Waals surface area contributed by atoms with Crippen LogP contribution in [0.3, 0.4) is 0 Å². The van der Waals surface area contributed by atoms with Crippen LogP contribution in [0.2, 0.25) is 0 Å². The highest BCUT2D eigenvalue weighted by Gasteiger charge is 2.41. The van der Waals surface area contributed by atoms with Gasteiger partial charge in [0.25, 0.3) is 0 Å². The minimum Gasteiger partial charge on any atom is -0.493 e. The van der Waals surface area contributed by atoms with Gasteiger partial charge in [0.1, 0.15) is 0 Å². The summed E-state index contributed by atoms with van der Waals surface area (Å²) in [6, 6.07) is 13.7. The van der Waals surface area contributed by atoms with Crippen molar-refractivity contribution in [3.63, 3.8) is 0 Å². The van der Waals surface area contributed by atoms with Gasteiger partial charge < -0.3 is 9.47 Å². The van der Waals surface area contributed by atoms with Crippen molar-refractivity contribution in [2.24, 2.45) is 0 Å². The third-order valence-electron chi connectivity index (χ3n) is 6.09. The molecule has 5 heteroatoms. The molecule has 2 aromatic carbocycles. The molecule has 2 aromatic rings. The van der Waals surface area contributed by atoms with Gasteiger partial charge in [-0.15, -0.1) is 0 Å². The molecular formula is C25H27NO4. The van der Waals surface area contributed by atoms with Gasteiger partial charge in [0.05, 0.1) is 14.2 Å². The first-order chi connectivity index (χ1) is 14.6. The molecule has 1 aliphatic carbocycles. The Hall–Kier alpha value is -3.08. The fraction of sp³-hybridized carbons (Fsp3) is 0.360. The van der Waals surface area contributed by atoms with Crippen molar-refractivity contribution < 1.29 is 19.1 Å². The van der Waals surface area contributed by atoms with Crippen LogP contribution in [-0.4, -0.2) is 25.9 Å². The topological polar surface area (TPSA) is 55.8 Å². The minimum atomic E-state index is -0.323. The molecule has 1 atom stereocenters. The van der Waals surface area contributed by atoms with Gasteiger partial charge in [0, 0.05) is 41.3 Å². The van der Waals surface area contributed by atoms with Crippen LogP contribution in [0.4, 0.5) is 5.69 Å². The van der Waals surface area contributed by atoms with Crippen molar-refractivity contribution in [2.45, 2.75) is 44.9 Å². The first-order valence-electron chi connectivity index (χ1n) is 10.5. The van der Waals surface area contributed by atoms with E-state index in [-0.39, 0.29) is 24.0 Å². The number of methoxy groups -OCH3 is 2. The summed E-state index contributed by atoms with van der Waals surface area (Å²) in [6.07, 6.45) is 3.15. The summed E-state index contributed by atoms with van der Waals surface area (Å²) in [5.74, 6) is 0.988. The lowest BCUT2D eigenvalue weighted by Gasteiger charge is -2.38. The molecule has 1 amide bonds. The quantitative estimate of drug-likeness (QED) is 0.717. The second-order valence-corrected chi connectivity index (χ2v) is 7.73. The number of Topliss-reactive ketones (excluding diaryl/α,β-unsaturated/α-hetero) is 1. The predicted molar refractivity (Wildman–Crippen MR) is 116 cm³/mol. The van der Waals surface area contributed by atoms with Crippen LogP contribution in [0.25, 0.3) is 0 Å². The van der Waals surface area contributed by atoms with Crippen LogP contribution in [0.1, 0.15) is 49.7 Å². The van der Waals surface area contributed by atoms with Crippen LogP contribution in [0.15, 0.2) is 53.7 Å². The zero-order valence-electron chi connectivity index (χ0n) is 17.7. The Morgan fingerprint density at radius 3 is 2.43 bits per heavy atom. The smallest absolute Gasteiger partial charge is 0.232 e. The summed E-state index contributed by atoms with van der Waals surface area (Å²) in [5.41, 5.74) is 4.45. The van der Waals surface area contributed by atoms with Gasteiger partial charge in [0.2, 0.25) is 5.91 Å². The third kappa shape index (κ3) is 3.38. The van der Waals surface area contributed by atoms with Crippen molar-refractivity contribution >= 4 is 17.4 Å². The van der Waals surface area contributed by atoms with E-state index in [4.69, 9.17) is 9.47 Å². The molecule has 5 nitrogen and oxygen atoms in total. The number of rotatable bonds is 5. The summed E-state index contributed by atoms with van der Waals surface area (Å²) < 4.78 is 11.1. The van der Waals surface area contributed by atoms with Crippen LogP contribution < -0.4 is 14.4 Å². The minimum absolute atomic E-state index is 0.00238. The lowest BCUT2D eigenvalue weighted by molar-refractivity contribution is -0.119. The van der Waals surface area contributed by atoms with Crippen molar-refractivity contribution in [1.29, 1.82) is 0 Å². The van der Waals surface area contributed by atoms with E-state index >= 15 is 0 Å². The zero-order valence-corrected chi connectivity index (χ0v) is 17.7. The number of carbonyl (C=O) groups excluding carboxylic acids is 2. The monoisotopic (exact) mass is 405 g/mol. The molecule has 0 aromatic heterocycles. The summed E-state index contributed by atoms with van der Waals surface area (Å²) >= 11 is 0. The maximum atomic E-state index is 13.4. The number of ketones is 1. The van der Waals surface area contributed by atoms with Gasteiger partial charge in [-0.1, -0.05) is 31.2 Å². The number of carbonyl (C=O) groups is 2. The normalized spacial score (nSPS) is 19.0. The molecule has 30 heavy (non-hydrogen) atoms. The number of ether oxygens (including phenoxy) is 2. The fourth-order valence-corrected chi connectivity index (χ4v) is 4.63. The molecule has 0 saturated carbocycles. The van der Waals surface area contributed by atoms with Crippen LogP contribution in [-0.2, 0) is 16.0 Å². The van der Waals surface area contributed by atoms with Gasteiger partial charge in [-0.25, -0.2) is 0 Å². The molecule has 0 fully saturated rings. The lowest BCUT2D eigenvalue weighted by atomic mass is 9.76. The van der Waals surface area contributed by atoms with Gasteiger partial charge >= 0.3 is 0 Å². The van der Waals surface area contributed by atoms with E-state index in [2.05, 4.69) is 6.92 Å². The number of aryl methyl sites for hydroxylation is 1. The van der Waals surface area contributed by atoms with E-state index < -0.39 is 0 Å². The Morgan fingerprint density at radius 1 is 1.00 bits per heavy atom. The number of nitrogens with zero attached hydrogens (tertiary/aromatic N) is 1. The second kappa shape index (κ2) is 8.34. The summed E-state index contributed by atoms with van der Waals surface area (Å²) in [5, 5.41) is 0. The average molecular weight is 405 g/mol. The van der Waals surface area contributed by atoms with Gasteiger partial charge in [-0.3, -0.25) is 14.5 Å². The summed E-state index contributed by atoms with van der Waals surface area (Å²) in [7, 11) is 3.18. The maximum absolute atomic E-state index is 13.4. The van der Waals surface area contributed by atoms with Crippen molar-refractivity contribution in [3.05, 3.63) is 64.9 Å². The largest absolute Gasteiger partial charge is 0.493 e. The first kappa shape index (κ1) is 20.2. The highest BCUT2D eigenvalue weighted by atomic mass is 16.5. The van der Waals surface area contributed by atoms with E-state index in [1.807, 2.05) is 42.5 Å². The highest BCUT2D eigenvalue weighted by Crippen LogP contribution is 2.47. The van der Waals surface area contributed by atoms with Crippen LogP contribution in [0.5, 0.6) is 11.5 Å². The molecule has 1 aliphatic heterocycles. The van der Waals surface area contributed by atoms with Gasteiger partial charge in [-0.05, 0) is 43.0 Å². The lowest BCUT2D eigenvalue weighted by Crippen LogP contribution is -2.40. The second-order valence-electron chi connectivity index (χ2n) is 7.73. The van der Waals surface area contributed by atoms with Crippen molar-refractivity contribution in [2.75, 3.05) is 19.1 Å². The molecule has 0 unspecified atom stereocenters. The Labute approximate surface area is 177 Å². The number of benzene rings is 2. The van der Waals surface area contributed by atoms with Crippen molar-refractivity contribution in [3.8, 4) is 11.5 Å². The predicted octanol–water partition coefficient (Wildman–Crippen LogP) is 4.79. The molecule has 0 N–H and O–H groups in total. The molecule has 2 aliphatic rings. The van der Waals surface area contributed by atoms with Crippen LogP contribution >= 0.6 is 0 Å². The van der Waals surface area contributed by atoms with Crippen LogP contribution in [0, 0.1) is 0 Å². The fourth-order valence-electron chi connectivity index (χ4n) is 4.63. The summed E-state index contributed by atoms with van der Waals surface area (Å²) in [4.78, 5) is 28.2. The zero-order chi connectivity index (χ0) is 21.3. The van der Waals surface area contributed by atoms with E-state index in [1.165, 1.54) is 5.56 Å². The number of hydrogen-bond acceptors (Lipinski definition) is 4. The van der Waals surface area contributed by atoms with E-state index in [0.29, 0.717) is 24.3 Å². The van der Waals surface area contributed by atoms with Gasteiger partial charge in [-0.2, -0.15) is 0 Å². The molecule has 156 valence electrons. The number of anilines is 1. The molecule has 4 rings (SSSR count). The Bertz CT molecular complexity index is 1010. The number of hydrogen-bond donors (Lipinski definition) is 0. The number of amides is 1. The molecule has 0 radical (unpaired) electrons. The van der Waals surface area contributed by atoms with E-state index in [9.17, 15) is 9.59 Å². The SMILES string of the molecule is CCc1ccc(N2C(=O)C[C@@H](c3cccc(OC)c3OC)C3=C2CCCC3=O)cc1. The van der Waals surface area contributed by atoms with Crippen molar-refractivity contribution in [1.82, 2.24) is 0 Å². The summed E-state index contributed by atoms with van der Waals surface area (Å²) in [6.45, 7) is 2.10.